The second-order valence-corrected chi connectivity index (χ2v) is 3.56. The van der Waals surface area contributed by atoms with Gasteiger partial charge in [0.2, 0.25) is 0 Å². The number of hydrogen-bond donors (Lipinski definition) is 1. The van der Waals surface area contributed by atoms with Gasteiger partial charge in [-0.05, 0) is 31.2 Å². The number of aromatic nitrogens is 1. The number of halogens is 1. The van der Waals surface area contributed by atoms with Crippen LogP contribution in [0.4, 0.5) is 5.69 Å². The summed E-state index contributed by atoms with van der Waals surface area (Å²) in [7, 11) is 0. The van der Waals surface area contributed by atoms with E-state index in [4.69, 9.17) is 0 Å². The summed E-state index contributed by atoms with van der Waals surface area (Å²) >= 11 is 0. The van der Waals surface area contributed by atoms with Gasteiger partial charge < -0.3 is 5.32 Å². The fourth-order valence-electron chi connectivity index (χ4n) is 1.34. The second kappa shape index (κ2) is 6.01. The van der Waals surface area contributed by atoms with Crippen molar-refractivity contribution in [2.24, 2.45) is 0 Å². The molecule has 0 aliphatic rings. The zero-order valence-electron chi connectivity index (χ0n) is 9.38. The van der Waals surface area contributed by atoms with E-state index in [2.05, 4.69) is 10.3 Å². The molecule has 0 atom stereocenters. The molecule has 17 heavy (non-hydrogen) atoms. The molecule has 0 aliphatic carbocycles. The number of hydrogen-bond acceptors (Lipinski definition) is 2. The number of carbonyl (C=O) groups excluding carboxylic acids is 1. The first-order valence-electron chi connectivity index (χ1n) is 5.04. The molecule has 0 spiro atoms. The highest BCUT2D eigenvalue weighted by Crippen LogP contribution is 2.10. The number of nitrogens with zero attached hydrogens (tertiary/aromatic N) is 1. The van der Waals surface area contributed by atoms with E-state index in [-0.39, 0.29) is 18.3 Å². The minimum atomic E-state index is -0.142. The van der Waals surface area contributed by atoms with Crippen molar-refractivity contribution in [3.05, 3.63) is 59.9 Å². The molecular weight excluding hydrogens is 236 g/mol. The molecule has 88 valence electrons. The lowest BCUT2D eigenvalue weighted by Crippen LogP contribution is -2.11. The van der Waals surface area contributed by atoms with E-state index in [1.807, 2.05) is 31.2 Å². The Morgan fingerprint density at radius 3 is 2.47 bits per heavy atom. The summed E-state index contributed by atoms with van der Waals surface area (Å²) in [5.74, 6) is -0.142. The highest BCUT2D eigenvalue weighted by Gasteiger charge is 2.04. The Morgan fingerprint density at radius 2 is 1.88 bits per heavy atom. The summed E-state index contributed by atoms with van der Waals surface area (Å²) < 4.78 is 0. The molecule has 1 amide bonds. The smallest absolute Gasteiger partial charge is 0.257 e. The minimum absolute atomic E-state index is 0. The molecule has 0 saturated heterocycles. The molecule has 2 rings (SSSR count). The lowest BCUT2D eigenvalue weighted by molar-refractivity contribution is 0.102. The van der Waals surface area contributed by atoms with Crippen LogP contribution in [0.25, 0.3) is 0 Å². The van der Waals surface area contributed by atoms with Crippen LogP contribution in [0.5, 0.6) is 0 Å². The van der Waals surface area contributed by atoms with Crippen LogP contribution in [0.2, 0.25) is 0 Å². The van der Waals surface area contributed by atoms with E-state index in [1.165, 1.54) is 5.56 Å². The Kier molecular flexibility index (Phi) is 4.67. The third-order valence-corrected chi connectivity index (χ3v) is 2.23. The van der Waals surface area contributed by atoms with Crippen molar-refractivity contribution in [3.63, 3.8) is 0 Å². The predicted octanol–water partition coefficient (Wildman–Crippen LogP) is 3.06. The SMILES string of the molecule is Cc1ccc(NC(=O)c2cccnc2)cc1.Cl. The first-order valence-corrected chi connectivity index (χ1v) is 5.04. The van der Waals surface area contributed by atoms with Crippen molar-refractivity contribution in [2.45, 2.75) is 6.92 Å². The number of aryl methyl sites for hydroxylation is 1. The molecular formula is C13H13ClN2O. The van der Waals surface area contributed by atoms with E-state index >= 15 is 0 Å². The average Bonchev–Trinajstić information content (AvgIpc) is 2.33. The second-order valence-electron chi connectivity index (χ2n) is 3.56. The van der Waals surface area contributed by atoms with Gasteiger partial charge in [0.05, 0.1) is 5.56 Å². The van der Waals surface area contributed by atoms with E-state index in [0.717, 1.165) is 5.69 Å². The van der Waals surface area contributed by atoms with E-state index in [1.54, 1.807) is 24.5 Å². The van der Waals surface area contributed by atoms with Crippen LogP contribution in [0.3, 0.4) is 0 Å². The maximum atomic E-state index is 11.7. The third-order valence-electron chi connectivity index (χ3n) is 2.23. The van der Waals surface area contributed by atoms with E-state index in [0.29, 0.717) is 5.56 Å². The van der Waals surface area contributed by atoms with Crippen LogP contribution in [0, 0.1) is 6.92 Å². The number of rotatable bonds is 2. The molecule has 1 aromatic heterocycles. The van der Waals surface area contributed by atoms with Gasteiger partial charge in [-0.2, -0.15) is 0 Å². The van der Waals surface area contributed by atoms with Gasteiger partial charge in [-0.25, -0.2) is 0 Å². The standard InChI is InChI=1S/C13H12N2O.ClH/c1-10-4-6-12(7-5-10)15-13(16)11-3-2-8-14-9-11;/h2-9H,1H3,(H,15,16);1H. The Labute approximate surface area is 106 Å². The van der Waals surface area contributed by atoms with Crippen LogP contribution >= 0.6 is 12.4 Å². The molecule has 1 N–H and O–H groups in total. The summed E-state index contributed by atoms with van der Waals surface area (Å²) in [5, 5.41) is 2.81. The van der Waals surface area contributed by atoms with Gasteiger partial charge in [-0.15, -0.1) is 12.4 Å². The summed E-state index contributed by atoms with van der Waals surface area (Å²) in [6.07, 6.45) is 3.19. The molecule has 0 saturated carbocycles. The van der Waals surface area contributed by atoms with Crippen molar-refractivity contribution < 1.29 is 4.79 Å². The van der Waals surface area contributed by atoms with Crippen molar-refractivity contribution in [1.29, 1.82) is 0 Å². The van der Waals surface area contributed by atoms with Crippen LogP contribution < -0.4 is 5.32 Å². The molecule has 0 unspecified atom stereocenters. The molecule has 1 heterocycles. The van der Waals surface area contributed by atoms with Crippen molar-refractivity contribution >= 4 is 24.0 Å². The Morgan fingerprint density at radius 1 is 1.18 bits per heavy atom. The molecule has 0 fully saturated rings. The summed E-state index contributed by atoms with van der Waals surface area (Å²) in [5.41, 5.74) is 2.52. The number of pyridine rings is 1. The molecule has 0 radical (unpaired) electrons. The fraction of sp³-hybridized carbons (Fsp3) is 0.0769. The van der Waals surface area contributed by atoms with Crippen LogP contribution in [-0.4, -0.2) is 10.9 Å². The van der Waals surface area contributed by atoms with Gasteiger partial charge in [-0.1, -0.05) is 17.7 Å². The first kappa shape index (κ1) is 13.2. The lowest BCUT2D eigenvalue weighted by atomic mass is 10.2. The number of amides is 1. The zero-order chi connectivity index (χ0) is 11.4. The van der Waals surface area contributed by atoms with Crippen molar-refractivity contribution in [3.8, 4) is 0 Å². The number of nitrogens with one attached hydrogen (secondary N) is 1. The van der Waals surface area contributed by atoms with Gasteiger partial charge in [-0.3, -0.25) is 9.78 Å². The monoisotopic (exact) mass is 248 g/mol. The zero-order valence-corrected chi connectivity index (χ0v) is 10.2. The van der Waals surface area contributed by atoms with E-state index in [9.17, 15) is 4.79 Å². The Hall–Kier alpha value is -1.87. The quantitative estimate of drug-likeness (QED) is 0.888. The minimum Gasteiger partial charge on any atom is -0.322 e. The maximum absolute atomic E-state index is 11.7. The number of benzene rings is 1. The van der Waals surface area contributed by atoms with Gasteiger partial charge in [0.1, 0.15) is 0 Å². The molecule has 4 heteroatoms. The van der Waals surface area contributed by atoms with Crippen LogP contribution in [0.15, 0.2) is 48.8 Å². The normalized spacial score (nSPS) is 9.24. The summed E-state index contributed by atoms with van der Waals surface area (Å²) in [6.45, 7) is 2.01. The van der Waals surface area contributed by atoms with E-state index < -0.39 is 0 Å². The molecule has 3 nitrogen and oxygen atoms in total. The Balaban J connectivity index is 0.00000144. The Bertz CT molecular complexity index is 483. The number of carbonyl (C=O) groups is 1. The fourth-order valence-corrected chi connectivity index (χ4v) is 1.34. The molecule has 2 aromatic rings. The summed E-state index contributed by atoms with van der Waals surface area (Å²) in [4.78, 5) is 15.6. The maximum Gasteiger partial charge on any atom is 0.257 e. The third kappa shape index (κ3) is 3.57. The highest BCUT2D eigenvalue weighted by molar-refractivity contribution is 6.03. The summed E-state index contributed by atoms with van der Waals surface area (Å²) in [6, 6.07) is 11.1. The average molecular weight is 249 g/mol. The first-order chi connectivity index (χ1) is 7.75. The van der Waals surface area contributed by atoms with Crippen molar-refractivity contribution in [2.75, 3.05) is 5.32 Å². The topological polar surface area (TPSA) is 42.0 Å². The lowest BCUT2D eigenvalue weighted by Gasteiger charge is -2.04. The van der Waals surface area contributed by atoms with Gasteiger partial charge in [0.15, 0.2) is 0 Å². The van der Waals surface area contributed by atoms with Gasteiger partial charge in [0, 0.05) is 18.1 Å². The van der Waals surface area contributed by atoms with Gasteiger partial charge >= 0.3 is 0 Å². The van der Waals surface area contributed by atoms with Crippen LogP contribution in [-0.2, 0) is 0 Å². The highest BCUT2D eigenvalue weighted by atomic mass is 35.5. The molecule has 0 bridgehead atoms. The number of anilines is 1. The van der Waals surface area contributed by atoms with Crippen LogP contribution in [0.1, 0.15) is 15.9 Å². The largest absolute Gasteiger partial charge is 0.322 e. The van der Waals surface area contributed by atoms with Gasteiger partial charge in [0.25, 0.3) is 5.91 Å². The molecule has 0 aliphatic heterocycles. The predicted molar refractivity (Wildman–Crippen MR) is 70.6 cm³/mol. The van der Waals surface area contributed by atoms with Crippen molar-refractivity contribution in [1.82, 2.24) is 4.98 Å². The molecule has 1 aromatic carbocycles.